The molecule has 0 saturated carbocycles. The SMILES string of the molecule is CC1CNCC(c2ccc(C(F)(F)F)c3ncccc23)C1.C[C@@H]1C[C@@H](c2ccc(C(F)(F)F)c3ncccc23)CN(CCO)C1.C[C@@H]1C[C@H](c2ccc(C(F)(F)F)c3ncccc23)CN(CCO)C1.OCCBr. The molecule has 6 atom stereocenters. The van der Waals surface area contributed by atoms with Crippen molar-refractivity contribution in [2.45, 2.75) is 76.3 Å². The first kappa shape index (κ1) is 57.8. The summed E-state index contributed by atoms with van der Waals surface area (Å²) in [6.45, 7) is 13.1. The highest BCUT2D eigenvalue weighted by atomic mass is 79.9. The van der Waals surface area contributed by atoms with E-state index in [1.54, 1.807) is 54.6 Å². The normalized spacial score (nSPS) is 22.2. The topological polar surface area (TPSA) is 118 Å². The molecule has 6 aromatic rings. The third kappa shape index (κ3) is 15.1. The number of hydrogen-bond acceptors (Lipinski definition) is 9. The largest absolute Gasteiger partial charge is 0.418 e. The Morgan fingerprint density at radius 3 is 1.15 bits per heavy atom. The molecule has 6 heterocycles. The van der Waals surface area contributed by atoms with Gasteiger partial charge in [-0.25, -0.2) is 0 Å². The number of rotatable bonds is 8. The van der Waals surface area contributed by atoms with Crippen LogP contribution in [0.2, 0.25) is 0 Å². The fourth-order valence-electron chi connectivity index (χ4n) is 10.8. The van der Waals surface area contributed by atoms with Crippen LogP contribution in [-0.2, 0) is 18.5 Å². The Kier molecular flexibility index (Phi) is 20.4. The number of halogens is 10. The molecular formula is C54H64BrF9N6O3. The van der Waals surface area contributed by atoms with Gasteiger partial charge in [-0.1, -0.05) is 73.1 Å². The predicted octanol–water partition coefficient (Wildman–Crippen LogP) is 11.7. The van der Waals surface area contributed by atoms with Crippen LogP contribution in [0, 0.1) is 17.8 Å². The molecule has 3 aromatic heterocycles. The van der Waals surface area contributed by atoms with Crippen molar-refractivity contribution < 1.29 is 54.8 Å². The van der Waals surface area contributed by atoms with E-state index in [0.717, 1.165) is 87.4 Å². The van der Waals surface area contributed by atoms with E-state index in [9.17, 15) is 49.7 Å². The Bertz CT molecular complexity index is 2580. The number of β-amino-alcohol motifs (C(OH)–C–C–N with tert-alkyl or cyclic N) is 2. The summed E-state index contributed by atoms with van der Waals surface area (Å²) in [5.41, 5.74) is 0.880. The van der Waals surface area contributed by atoms with Crippen LogP contribution < -0.4 is 5.32 Å². The number of aromatic nitrogens is 3. The molecule has 19 heteroatoms. The number of aliphatic hydroxyl groups is 3. The molecule has 3 fully saturated rings. The lowest BCUT2D eigenvalue weighted by molar-refractivity contribution is -0.137. The average molecular weight is 1100 g/mol. The number of alkyl halides is 10. The lowest BCUT2D eigenvalue weighted by Gasteiger charge is -2.37. The molecule has 4 N–H and O–H groups in total. The number of piperidine rings is 3. The van der Waals surface area contributed by atoms with Crippen molar-refractivity contribution in [3.8, 4) is 0 Å². The number of likely N-dealkylation sites (tertiary alicyclic amines) is 2. The second-order valence-corrected chi connectivity index (χ2v) is 20.2. The zero-order chi connectivity index (χ0) is 53.1. The van der Waals surface area contributed by atoms with Gasteiger partial charge in [0.15, 0.2) is 0 Å². The van der Waals surface area contributed by atoms with Crippen LogP contribution in [0.25, 0.3) is 32.7 Å². The van der Waals surface area contributed by atoms with E-state index >= 15 is 0 Å². The van der Waals surface area contributed by atoms with Gasteiger partial charge >= 0.3 is 18.5 Å². The van der Waals surface area contributed by atoms with Crippen LogP contribution in [0.4, 0.5) is 39.5 Å². The number of aliphatic hydroxyl groups excluding tert-OH is 3. The standard InChI is InChI=1S/2C18H21F3N2O.C16H17F3N2.C2H5BrO/c2*1-12-9-13(11-23(10-12)7-8-24)14-4-5-16(18(19,20)21)17-15(14)3-2-6-22-17;1-10-7-11(9-20-8-10)12-4-5-14(16(17,18)19)15-13(12)3-2-6-21-15;3-1-2-4/h2*2-6,12-13,24H,7-11H2,1H3;2-6,10-11,20H,7-9H2,1H3;4H,1-2H2/t12-,13+;12-,13-;;/m11../s1. The van der Waals surface area contributed by atoms with Gasteiger partial charge in [0.2, 0.25) is 0 Å². The first-order valence-corrected chi connectivity index (χ1v) is 25.7. The van der Waals surface area contributed by atoms with Gasteiger partial charge in [-0.15, -0.1) is 0 Å². The highest BCUT2D eigenvalue weighted by Gasteiger charge is 2.38. The molecule has 0 aliphatic carbocycles. The molecule has 3 saturated heterocycles. The summed E-state index contributed by atoms with van der Waals surface area (Å²) in [6.07, 6.45) is -6.11. The molecule has 3 aliphatic rings. The van der Waals surface area contributed by atoms with Crippen LogP contribution in [0.15, 0.2) is 91.4 Å². The van der Waals surface area contributed by atoms with Crippen molar-refractivity contribution in [3.63, 3.8) is 0 Å². The van der Waals surface area contributed by atoms with Gasteiger partial charge in [-0.3, -0.25) is 15.0 Å². The second kappa shape index (κ2) is 25.8. The van der Waals surface area contributed by atoms with Crippen LogP contribution in [0.5, 0.6) is 0 Å². The zero-order valence-electron chi connectivity index (χ0n) is 41.1. The first-order valence-electron chi connectivity index (χ1n) is 24.6. The van der Waals surface area contributed by atoms with E-state index in [-0.39, 0.29) is 54.1 Å². The van der Waals surface area contributed by atoms with Gasteiger partial charge in [-0.05, 0) is 114 Å². The van der Waals surface area contributed by atoms with Crippen molar-refractivity contribution in [2.75, 3.05) is 77.5 Å². The predicted molar refractivity (Wildman–Crippen MR) is 271 cm³/mol. The van der Waals surface area contributed by atoms with E-state index in [0.29, 0.717) is 52.3 Å². The highest BCUT2D eigenvalue weighted by Crippen LogP contribution is 2.42. The first-order chi connectivity index (χ1) is 34.7. The summed E-state index contributed by atoms with van der Waals surface area (Å²) in [7, 11) is 0. The monoisotopic (exact) mass is 1090 g/mol. The van der Waals surface area contributed by atoms with Gasteiger partial charge in [0.1, 0.15) is 0 Å². The molecule has 9 nitrogen and oxygen atoms in total. The summed E-state index contributed by atoms with van der Waals surface area (Å²) >= 11 is 3.00. The number of nitrogens with zero attached hydrogens (tertiary/aromatic N) is 5. The fourth-order valence-corrected chi connectivity index (χ4v) is 10.8. The van der Waals surface area contributed by atoms with Crippen molar-refractivity contribution >= 4 is 48.6 Å². The second-order valence-electron chi connectivity index (χ2n) is 19.4. The summed E-state index contributed by atoms with van der Waals surface area (Å²) in [6, 6.07) is 18.6. The van der Waals surface area contributed by atoms with Crippen molar-refractivity contribution in [2.24, 2.45) is 17.8 Å². The lowest BCUT2D eigenvalue weighted by atomic mass is 9.83. The van der Waals surface area contributed by atoms with Crippen LogP contribution in [0.3, 0.4) is 0 Å². The maximum absolute atomic E-state index is 13.2. The number of hydrogen-bond donors (Lipinski definition) is 4. The van der Waals surface area contributed by atoms with Gasteiger partial charge in [0, 0.05) is 85.9 Å². The highest BCUT2D eigenvalue weighted by molar-refractivity contribution is 9.09. The number of pyridine rings is 3. The van der Waals surface area contributed by atoms with Crippen LogP contribution in [-0.4, -0.2) is 118 Å². The van der Waals surface area contributed by atoms with E-state index in [1.165, 1.54) is 24.7 Å². The molecule has 9 rings (SSSR count). The zero-order valence-corrected chi connectivity index (χ0v) is 42.7. The maximum Gasteiger partial charge on any atom is 0.418 e. The summed E-state index contributed by atoms with van der Waals surface area (Å²) in [4.78, 5) is 16.3. The van der Waals surface area contributed by atoms with Gasteiger partial charge in [0.25, 0.3) is 0 Å². The maximum atomic E-state index is 13.2. The van der Waals surface area contributed by atoms with E-state index in [2.05, 4.69) is 66.8 Å². The molecule has 0 amide bonds. The number of fused-ring (bicyclic) bond motifs is 3. The van der Waals surface area contributed by atoms with Crippen molar-refractivity contribution in [1.82, 2.24) is 30.1 Å². The lowest BCUT2D eigenvalue weighted by Crippen LogP contribution is -2.40. The molecule has 398 valence electrons. The van der Waals surface area contributed by atoms with Crippen molar-refractivity contribution in [1.29, 1.82) is 0 Å². The number of benzene rings is 3. The molecule has 0 spiro atoms. The third-order valence-corrected chi connectivity index (χ3v) is 14.0. The summed E-state index contributed by atoms with van der Waals surface area (Å²) < 4.78 is 119. The smallest absolute Gasteiger partial charge is 0.396 e. The van der Waals surface area contributed by atoms with E-state index in [4.69, 9.17) is 5.11 Å². The van der Waals surface area contributed by atoms with Crippen LogP contribution in [0.1, 0.15) is 91.2 Å². The number of nitrogens with one attached hydrogen (secondary N) is 1. The van der Waals surface area contributed by atoms with E-state index in [1.807, 2.05) is 0 Å². The minimum atomic E-state index is -4.41. The molecule has 0 bridgehead atoms. The summed E-state index contributed by atoms with van der Waals surface area (Å²) in [5.74, 6) is 1.93. The van der Waals surface area contributed by atoms with Gasteiger partial charge < -0.3 is 30.4 Å². The average Bonchev–Trinajstić information content (AvgIpc) is 3.34. The Balaban J connectivity index is 0.000000172. The van der Waals surface area contributed by atoms with Gasteiger partial charge in [-0.2, -0.15) is 39.5 Å². The Morgan fingerprint density at radius 1 is 0.493 bits per heavy atom. The Hall–Kier alpha value is -4.50. The molecule has 3 aromatic carbocycles. The van der Waals surface area contributed by atoms with Crippen molar-refractivity contribution in [3.05, 3.63) is 125 Å². The summed E-state index contributed by atoms with van der Waals surface area (Å²) in [5, 5.41) is 32.0. The Labute approximate surface area is 428 Å². The molecule has 73 heavy (non-hydrogen) atoms. The third-order valence-electron chi connectivity index (χ3n) is 13.6. The van der Waals surface area contributed by atoms with E-state index < -0.39 is 35.2 Å². The quantitative estimate of drug-likeness (QED) is 0.0873. The molecule has 2 unspecified atom stereocenters. The Morgan fingerprint density at radius 2 is 0.836 bits per heavy atom. The fraction of sp³-hybridized carbons (Fsp3) is 0.500. The minimum Gasteiger partial charge on any atom is -0.396 e. The van der Waals surface area contributed by atoms with Gasteiger partial charge in [0.05, 0.1) is 53.1 Å². The minimum absolute atomic E-state index is 0.0226. The molecule has 0 radical (unpaired) electrons. The molecular weight excluding hydrogens is 1030 g/mol. The molecule has 3 aliphatic heterocycles. The van der Waals surface area contributed by atoms with Crippen LogP contribution >= 0.6 is 15.9 Å².